The zero-order chi connectivity index (χ0) is 20.8. The molecule has 0 aliphatic carbocycles. The number of carbonyl (C=O) groups excluding carboxylic acids is 2. The molecule has 0 bridgehead atoms. The number of thiazole rings is 1. The molecule has 148 valence electrons. The Labute approximate surface area is 174 Å². The minimum atomic E-state index is -0.392. The lowest BCUT2D eigenvalue weighted by atomic mass is 10.1. The molecule has 8 nitrogen and oxygen atoms in total. The molecule has 30 heavy (non-hydrogen) atoms. The Morgan fingerprint density at radius 2 is 1.87 bits per heavy atom. The zero-order valence-corrected chi connectivity index (χ0v) is 16.6. The molecule has 2 amide bonds. The number of aromatic nitrogens is 3. The molecule has 3 heterocycles. The van der Waals surface area contributed by atoms with Crippen molar-refractivity contribution in [3.05, 3.63) is 80.9 Å². The van der Waals surface area contributed by atoms with Gasteiger partial charge in [-0.1, -0.05) is 47.2 Å². The molecular formula is C21H15N5O3S. The smallest absolute Gasteiger partial charge is 0.291 e. The minimum absolute atomic E-state index is 0.165. The summed E-state index contributed by atoms with van der Waals surface area (Å²) in [5.41, 5.74) is 2.83. The van der Waals surface area contributed by atoms with Crippen molar-refractivity contribution in [2.75, 3.05) is 16.8 Å². The van der Waals surface area contributed by atoms with Crippen molar-refractivity contribution in [2.24, 2.45) is 0 Å². The molecule has 0 saturated carbocycles. The predicted octanol–water partition coefficient (Wildman–Crippen LogP) is 1.36. The molecule has 1 aliphatic rings. The molecule has 9 heteroatoms. The van der Waals surface area contributed by atoms with Crippen LogP contribution in [0.15, 0.2) is 59.7 Å². The second kappa shape index (κ2) is 6.89. The summed E-state index contributed by atoms with van der Waals surface area (Å²) < 4.78 is 1.44. The van der Waals surface area contributed by atoms with E-state index in [2.05, 4.69) is 15.4 Å². The quantitative estimate of drug-likeness (QED) is 0.543. The Balaban J connectivity index is 1.54. The van der Waals surface area contributed by atoms with Crippen LogP contribution >= 0.6 is 11.3 Å². The second-order valence-corrected chi connectivity index (χ2v) is 7.87. The van der Waals surface area contributed by atoms with Crippen LogP contribution < -0.4 is 20.3 Å². The summed E-state index contributed by atoms with van der Waals surface area (Å²) in [6.45, 7) is 1.80. The van der Waals surface area contributed by atoms with Crippen LogP contribution in [0.1, 0.15) is 11.1 Å². The Morgan fingerprint density at radius 3 is 2.63 bits per heavy atom. The van der Waals surface area contributed by atoms with Crippen molar-refractivity contribution >= 4 is 45.1 Å². The molecule has 0 atom stereocenters. The topological polar surface area (TPSA) is 96.7 Å². The van der Waals surface area contributed by atoms with Gasteiger partial charge in [-0.15, -0.1) is 0 Å². The Morgan fingerprint density at radius 1 is 1.10 bits per heavy atom. The molecule has 4 aromatic rings. The third-order valence-electron chi connectivity index (χ3n) is 4.88. The van der Waals surface area contributed by atoms with E-state index >= 15 is 0 Å². The van der Waals surface area contributed by atoms with E-state index in [1.54, 1.807) is 24.3 Å². The van der Waals surface area contributed by atoms with Crippen LogP contribution in [0.25, 0.3) is 10.5 Å². The Kier molecular flexibility index (Phi) is 4.18. The lowest BCUT2D eigenvalue weighted by Gasteiger charge is -2.16. The highest BCUT2D eigenvalue weighted by Gasteiger charge is 2.35. The number of aryl methyl sites for hydroxylation is 1. The molecule has 0 fully saturated rings. The van der Waals surface area contributed by atoms with E-state index in [1.807, 2.05) is 31.2 Å². The summed E-state index contributed by atoms with van der Waals surface area (Å²) in [5.74, 6) is -0.717. The number of hydrogen-bond acceptors (Lipinski definition) is 6. The number of hydrogen-bond donors (Lipinski definition) is 1. The first-order chi connectivity index (χ1) is 14.5. The normalized spacial score (nSPS) is 15.0. The van der Waals surface area contributed by atoms with Gasteiger partial charge in [0.1, 0.15) is 17.4 Å². The maximum absolute atomic E-state index is 13.3. The molecule has 0 radical (unpaired) electrons. The molecule has 5 rings (SSSR count). The number of carbonyl (C=O) groups is 2. The van der Waals surface area contributed by atoms with Crippen LogP contribution in [0.2, 0.25) is 0 Å². The van der Waals surface area contributed by atoms with Gasteiger partial charge in [-0.05, 0) is 25.1 Å². The average Bonchev–Trinajstić information content (AvgIpc) is 3.39. The minimum Gasteiger partial charge on any atom is -0.325 e. The lowest BCUT2D eigenvalue weighted by Crippen LogP contribution is -2.37. The largest absolute Gasteiger partial charge is 0.325 e. The number of nitrogens with one attached hydrogen (secondary N) is 1. The molecule has 2 aromatic heterocycles. The van der Waals surface area contributed by atoms with Gasteiger partial charge >= 0.3 is 0 Å². The SMILES string of the molecule is Cc1ccc(NC(=O)CN2C(=O)/C(=c3\sc4ncnn4c3=O)c3ccccc32)cc1. The van der Waals surface area contributed by atoms with Gasteiger partial charge in [-0.2, -0.15) is 9.61 Å². The number of anilines is 2. The third kappa shape index (κ3) is 2.87. The average molecular weight is 417 g/mol. The van der Waals surface area contributed by atoms with Crippen molar-refractivity contribution in [3.8, 4) is 0 Å². The maximum Gasteiger partial charge on any atom is 0.291 e. The van der Waals surface area contributed by atoms with Gasteiger partial charge in [-0.25, -0.2) is 4.98 Å². The summed E-state index contributed by atoms with van der Waals surface area (Å²) in [6.07, 6.45) is 1.30. The van der Waals surface area contributed by atoms with Crippen molar-refractivity contribution in [1.82, 2.24) is 14.6 Å². The number of para-hydroxylation sites is 1. The van der Waals surface area contributed by atoms with Crippen LogP contribution in [0, 0.1) is 6.92 Å². The van der Waals surface area contributed by atoms with Crippen LogP contribution in [0.4, 0.5) is 11.4 Å². The fraction of sp³-hybridized carbons (Fsp3) is 0.0952. The maximum atomic E-state index is 13.3. The number of amides is 2. The van der Waals surface area contributed by atoms with Gasteiger partial charge < -0.3 is 5.32 Å². The van der Waals surface area contributed by atoms with Crippen LogP contribution in [0.5, 0.6) is 0 Å². The number of benzene rings is 2. The van der Waals surface area contributed by atoms with Gasteiger partial charge in [0.15, 0.2) is 0 Å². The van der Waals surface area contributed by atoms with E-state index in [9.17, 15) is 14.4 Å². The van der Waals surface area contributed by atoms with Crippen LogP contribution in [-0.2, 0) is 9.59 Å². The molecule has 1 aliphatic heterocycles. The number of rotatable bonds is 3. The molecule has 0 spiro atoms. The Bertz CT molecular complexity index is 1420. The lowest BCUT2D eigenvalue weighted by molar-refractivity contribution is -0.118. The summed E-state index contributed by atoms with van der Waals surface area (Å²) in [6, 6.07) is 14.5. The first-order valence-corrected chi connectivity index (χ1v) is 9.99. The summed E-state index contributed by atoms with van der Waals surface area (Å²) in [4.78, 5) is 44.5. The first kappa shape index (κ1) is 18.2. The van der Waals surface area contributed by atoms with Gasteiger partial charge in [0.05, 0.1) is 11.3 Å². The molecule has 2 aromatic carbocycles. The summed E-state index contributed by atoms with van der Waals surface area (Å²) in [5, 5.41) is 6.72. The van der Waals surface area contributed by atoms with Gasteiger partial charge in [0.25, 0.3) is 11.5 Å². The van der Waals surface area contributed by atoms with Crippen molar-refractivity contribution in [2.45, 2.75) is 6.92 Å². The van der Waals surface area contributed by atoms with E-state index in [-0.39, 0.29) is 22.6 Å². The van der Waals surface area contributed by atoms with Crippen LogP contribution in [0.3, 0.4) is 0 Å². The number of fused-ring (bicyclic) bond motifs is 2. The van der Waals surface area contributed by atoms with Crippen LogP contribution in [-0.4, -0.2) is 33.0 Å². The third-order valence-corrected chi connectivity index (χ3v) is 5.93. The van der Waals surface area contributed by atoms with Crippen molar-refractivity contribution < 1.29 is 9.59 Å². The molecule has 0 saturated heterocycles. The standard InChI is InChI=1S/C21H15N5O3S/c1-12-6-8-13(9-7-12)24-16(27)10-25-15-5-3-2-4-14(15)17(19(25)28)18-20(29)26-21(30-18)22-11-23-26/h2-9,11H,10H2,1H3,(H,24,27)/b18-17-. The second-order valence-electron chi connectivity index (χ2n) is 6.89. The monoisotopic (exact) mass is 417 g/mol. The van der Waals surface area contributed by atoms with E-state index in [4.69, 9.17) is 0 Å². The zero-order valence-electron chi connectivity index (χ0n) is 15.8. The summed E-state index contributed by atoms with van der Waals surface area (Å²) >= 11 is 1.11. The highest BCUT2D eigenvalue weighted by atomic mass is 32.1. The van der Waals surface area contributed by atoms with Gasteiger partial charge in [0, 0.05) is 11.3 Å². The van der Waals surface area contributed by atoms with E-state index in [1.165, 1.54) is 15.7 Å². The summed E-state index contributed by atoms with van der Waals surface area (Å²) in [7, 11) is 0. The fourth-order valence-electron chi connectivity index (χ4n) is 3.47. The van der Waals surface area contributed by atoms with E-state index in [0.29, 0.717) is 21.9 Å². The highest BCUT2D eigenvalue weighted by molar-refractivity contribution is 7.15. The van der Waals surface area contributed by atoms with Gasteiger partial charge in [0.2, 0.25) is 10.9 Å². The fourth-order valence-corrected chi connectivity index (χ4v) is 4.44. The first-order valence-electron chi connectivity index (χ1n) is 9.17. The van der Waals surface area contributed by atoms with E-state index in [0.717, 1.165) is 16.9 Å². The van der Waals surface area contributed by atoms with E-state index < -0.39 is 11.5 Å². The molecular weight excluding hydrogens is 402 g/mol. The molecule has 1 N–H and O–H groups in total. The Hall–Kier alpha value is -3.85. The number of nitrogens with zero attached hydrogens (tertiary/aromatic N) is 4. The predicted molar refractivity (Wildman–Crippen MR) is 113 cm³/mol. The molecule has 0 unspecified atom stereocenters. The highest BCUT2D eigenvalue weighted by Crippen LogP contribution is 2.35. The van der Waals surface area contributed by atoms with Crippen molar-refractivity contribution in [3.63, 3.8) is 0 Å². The van der Waals surface area contributed by atoms with Gasteiger partial charge in [-0.3, -0.25) is 19.3 Å². The van der Waals surface area contributed by atoms with Crippen molar-refractivity contribution in [1.29, 1.82) is 0 Å².